The Morgan fingerprint density at radius 3 is 2.18 bits per heavy atom. The molecule has 3 heteroatoms. The van der Waals surface area contributed by atoms with Crippen LogP contribution >= 0.6 is 0 Å². The van der Waals surface area contributed by atoms with Crippen LogP contribution < -0.4 is 5.32 Å². The summed E-state index contributed by atoms with van der Waals surface area (Å²) in [7, 11) is 0. The van der Waals surface area contributed by atoms with Crippen molar-refractivity contribution in [2.24, 2.45) is 23.2 Å². The Labute approximate surface area is 132 Å². The van der Waals surface area contributed by atoms with Crippen LogP contribution in [0.15, 0.2) is 30.3 Å². The second-order valence-corrected chi connectivity index (χ2v) is 7.95. The predicted octanol–water partition coefficient (Wildman–Crippen LogP) is 3.05. The molecule has 0 radical (unpaired) electrons. The van der Waals surface area contributed by atoms with Crippen LogP contribution in [0.5, 0.6) is 0 Å². The predicted molar refractivity (Wildman–Crippen MR) is 85.0 cm³/mol. The highest BCUT2D eigenvalue weighted by Crippen LogP contribution is 2.59. The molecular formula is C19H25NO2. The van der Waals surface area contributed by atoms with E-state index in [1.54, 1.807) is 12.1 Å². The highest BCUT2D eigenvalue weighted by molar-refractivity contribution is 5.81. The number of amides is 1. The second kappa shape index (κ2) is 5.38. The fraction of sp³-hybridized carbons (Fsp3) is 0.632. The van der Waals surface area contributed by atoms with Gasteiger partial charge in [0, 0.05) is 6.54 Å². The number of rotatable bonds is 4. The smallest absolute Gasteiger partial charge is 0.253 e. The molecule has 1 aromatic carbocycles. The largest absolute Gasteiger partial charge is 0.378 e. The molecule has 0 spiro atoms. The van der Waals surface area contributed by atoms with Gasteiger partial charge in [-0.2, -0.15) is 0 Å². The van der Waals surface area contributed by atoms with E-state index in [0.29, 0.717) is 11.0 Å². The van der Waals surface area contributed by atoms with Crippen LogP contribution in [0.2, 0.25) is 0 Å². The third kappa shape index (κ3) is 2.56. The van der Waals surface area contributed by atoms with Crippen molar-refractivity contribution < 1.29 is 9.90 Å². The van der Waals surface area contributed by atoms with Gasteiger partial charge in [0.1, 0.15) is 0 Å². The summed E-state index contributed by atoms with van der Waals surface area (Å²) in [6.45, 7) is 0.749. The van der Waals surface area contributed by atoms with Crippen molar-refractivity contribution in [1.29, 1.82) is 0 Å². The highest BCUT2D eigenvalue weighted by atomic mass is 16.3. The van der Waals surface area contributed by atoms with Crippen molar-refractivity contribution in [2.75, 3.05) is 6.54 Å². The van der Waals surface area contributed by atoms with Gasteiger partial charge in [0.15, 0.2) is 6.10 Å². The summed E-state index contributed by atoms with van der Waals surface area (Å²) in [5.74, 6) is 2.42. The molecule has 5 rings (SSSR count). The van der Waals surface area contributed by atoms with Gasteiger partial charge in [-0.05, 0) is 67.3 Å². The third-order valence-corrected chi connectivity index (χ3v) is 6.17. The Bertz CT molecular complexity index is 519. The minimum absolute atomic E-state index is 0.248. The minimum Gasteiger partial charge on any atom is -0.378 e. The summed E-state index contributed by atoms with van der Waals surface area (Å²) in [6, 6.07) is 9.20. The molecule has 1 atom stereocenters. The molecule has 1 aromatic rings. The highest BCUT2D eigenvalue weighted by Gasteiger charge is 2.50. The Balaban J connectivity index is 1.39. The monoisotopic (exact) mass is 299 g/mol. The van der Waals surface area contributed by atoms with E-state index in [2.05, 4.69) is 5.32 Å². The van der Waals surface area contributed by atoms with E-state index in [1.807, 2.05) is 18.2 Å². The Hall–Kier alpha value is -1.35. The molecular weight excluding hydrogens is 274 g/mol. The van der Waals surface area contributed by atoms with E-state index in [0.717, 1.165) is 24.3 Å². The lowest BCUT2D eigenvalue weighted by Gasteiger charge is -2.57. The van der Waals surface area contributed by atoms with Gasteiger partial charge in [-0.25, -0.2) is 0 Å². The van der Waals surface area contributed by atoms with Gasteiger partial charge in [-0.1, -0.05) is 30.3 Å². The maximum atomic E-state index is 12.3. The average molecular weight is 299 g/mol. The molecule has 1 amide bonds. The zero-order valence-corrected chi connectivity index (χ0v) is 13.0. The molecule has 4 fully saturated rings. The summed E-state index contributed by atoms with van der Waals surface area (Å²) in [5, 5.41) is 13.2. The maximum absolute atomic E-state index is 12.3. The van der Waals surface area contributed by atoms with Crippen molar-refractivity contribution in [1.82, 2.24) is 5.32 Å². The summed E-state index contributed by atoms with van der Waals surface area (Å²) in [6.07, 6.45) is 7.04. The maximum Gasteiger partial charge on any atom is 0.253 e. The van der Waals surface area contributed by atoms with Crippen LogP contribution in [0.3, 0.4) is 0 Å². The molecule has 4 aliphatic rings. The van der Waals surface area contributed by atoms with Crippen LogP contribution in [0.4, 0.5) is 0 Å². The standard InChI is InChI=1S/C19H25NO2/c21-17(16-4-2-1-3-5-16)18(22)20-12-19-9-13-6-14(10-19)8-15(7-13)11-19/h1-5,13-15,17,21H,6-12H2,(H,20,22)/t13?,14?,15?,17-,19?/m0/s1. The molecule has 118 valence electrons. The summed E-state index contributed by atoms with van der Waals surface area (Å²) in [5.41, 5.74) is 0.992. The molecule has 0 heterocycles. The van der Waals surface area contributed by atoms with Gasteiger partial charge in [0.05, 0.1) is 0 Å². The van der Waals surface area contributed by atoms with Gasteiger partial charge in [0.25, 0.3) is 5.91 Å². The zero-order chi connectivity index (χ0) is 15.2. The number of hydrogen-bond donors (Lipinski definition) is 2. The van der Waals surface area contributed by atoms with Crippen LogP contribution in [-0.4, -0.2) is 17.6 Å². The lowest BCUT2D eigenvalue weighted by Crippen LogP contribution is -2.51. The first-order valence-corrected chi connectivity index (χ1v) is 8.64. The van der Waals surface area contributed by atoms with E-state index < -0.39 is 6.10 Å². The Morgan fingerprint density at radius 1 is 1.09 bits per heavy atom. The summed E-state index contributed by atoms with van der Waals surface area (Å²) < 4.78 is 0. The molecule has 4 saturated carbocycles. The Morgan fingerprint density at radius 2 is 1.64 bits per heavy atom. The topological polar surface area (TPSA) is 49.3 Å². The molecule has 0 aromatic heterocycles. The number of benzene rings is 1. The SMILES string of the molecule is O=C(NCC12CC3CC(CC(C3)C1)C2)[C@@H](O)c1ccccc1. The molecule has 0 aliphatic heterocycles. The minimum atomic E-state index is -1.05. The second-order valence-electron chi connectivity index (χ2n) is 7.95. The number of aliphatic hydroxyl groups is 1. The van der Waals surface area contributed by atoms with Gasteiger partial charge < -0.3 is 10.4 Å². The van der Waals surface area contributed by atoms with Crippen molar-refractivity contribution in [2.45, 2.75) is 44.6 Å². The van der Waals surface area contributed by atoms with Crippen molar-refractivity contribution in [3.63, 3.8) is 0 Å². The van der Waals surface area contributed by atoms with Gasteiger partial charge in [0.2, 0.25) is 0 Å². The van der Waals surface area contributed by atoms with E-state index in [9.17, 15) is 9.90 Å². The van der Waals surface area contributed by atoms with Gasteiger partial charge in [-0.15, -0.1) is 0 Å². The van der Waals surface area contributed by atoms with Crippen molar-refractivity contribution in [3.05, 3.63) is 35.9 Å². The van der Waals surface area contributed by atoms with Crippen LogP contribution in [-0.2, 0) is 4.79 Å². The molecule has 0 unspecified atom stereocenters. The van der Waals surface area contributed by atoms with Gasteiger partial charge >= 0.3 is 0 Å². The van der Waals surface area contributed by atoms with Gasteiger partial charge in [-0.3, -0.25) is 4.79 Å². The van der Waals surface area contributed by atoms with Crippen LogP contribution in [0, 0.1) is 23.2 Å². The average Bonchev–Trinajstić information content (AvgIpc) is 2.51. The zero-order valence-electron chi connectivity index (χ0n) is 13.0. The van der Waals surface area contributed by atoms with Crippen molar-refractivity contribution in [3.8, 4) is 0 Å². The van der Waals surface area contributed by atoms with E-state index in [1.165, 1.54) is 38.5 Å². The number of nitrogens with one attached hydrogen (secondary N) is 1. The lowest BCUT2D eigenvalue weighted by molar-refractivity contribution is -0.131. The third-order valence-electron chi connectivity index (χ3n) is 6.17. The molecule has 4 aliphatic carbocycles. The molecule has 4 bridgehead atoms. The molecule has 3 nitrogen and oxygen atoms in total. The molecule has 2 N–H and O–H groups in total. The first-order valence-electron chi connectivity index (χ1n) is 8.64. The molecule has 0 saturated heterocycles. The Kier molecular flexibility index (Phi) is 3.48. The normalized spacial score (nSPS) is 37.0. The molecule has 22 heavy (non-hydrogen) atoms. The van der Waals surface area contributed by atoms with Crippen LogP contribution in [0.25, 0.3) is 0 Å². The first kappa shape index (κ1) is 14.3. The van der Waals surface area contributed by atoms with E-state index >= 15 is 0 Å². The fourth-order valence-electron chi connectivity index (χ4n) is 5.66. The number of carbonyl (C=O) groups is 1. The summed E-state index contributed by atoms with van der Waals surface area (Å²) in [4.78, 5) is 12.3. The van der Waals surface area contributed by atoms with Crippen molar-refractivity contribution >= 4 is 5.91 Å². The first-order chi connectivity index (χ1) is 10.6. The van der Waals surface area contributed by atoms with Crippen LogP contribution in [0.1, 0.15) is 50.2 Å². The number of carbonyl (C=O) groups excluding carboxylic acids is 1. The van der Waals surface area contributed by atoms with E-state index in [-0.39, 0.29) is 5.91 Å². The summed E-state index contributed by atoms with van der Waals surface area (Å²) >= 11 is 0. The quantitative estimate of drug-likeness (QED) is 0.897. The van der Waals surface area contributed by atoms with E-state index in [4.69, 9.17) is 0 Å². The lowest BCUT2D eigenvalue weighted by atomic mass is 9.49. The number of hydrogen-bond acceptors (Lipinski definition) is 2. The fourth-order valence-corrected chi connectivity index (χ4v) is 5.66. The number of aliphatic hydroxyl groups excluding tert-OH is 1.